The van der Waals surface area contributed by atoms with Gasteiger partial charge >= 0.3 is 12.3 Å². The van der Waals surface area contributed by atoms with Crippen LogP contribution in [0.2, 0.25) is 0 Å². The molecule has 0 spiro atoms. The summed E-state index contributed by atoms with van der Waals surface area (Å²) in [5.41, 5.74) is 0. The minimum absolute atomic E-state index is 1.06. The number of cyclic esters (lactones) is 2. The fourth-order valence-corrected chi connectivity index (χ4v) is 0.431. The topological polar surface area (TPSA) is 35.5 Å². The first kappa shape index (κ1) is 6.25. The highest BCUT2D eigenvalue weighted by atomic mass is 19.3. The van der Waals surface area contributed by atoms with Crippen LogP contribution in [-0.4, -0.2) is 18.4 Å². The van der Waals surface area contributed by atoms with Gasteiger partial charge in [-0.25, -0.2) is 4.79 Å². The number of rotatable bonds is 0. The van der Waals surface area contributed by atoms with Crippen molar-refractivity contribution in [2.45, 2.75) is 19.1 Å². The zero-order valence-corrected chi connectivity index (χ0v) is 4.56. The molecule has 1 rings (SSSR count). The molecular formula is C4H4F2O3. The molecule has 0 saturated carbocycles. The molecule has 0 amide bonds. The van der Waals surface area contributed by atoms with Gasteiger partial charge in [-0.3, -0.25) is 0 Å². The average Bonchev–Trinajstić information content (AvgIpc) is 1.79. The first-order valence-electron chi connectivity index (χ1n) is 2.30. The van der Waals surface area contributed by atoms with Crippen molar-refractivity contribution in [2.75, 3.05) is 0 Å². The normalized spacial score (nSPS) is 31.4. The molecule has 0 aliphatic carbocycles. The van der Waals surface area contributed by atoms with E-state index >= 15 is 0 Å². The summed E-state index contributed by atoms with van der Waals surface area (Å²) in [4.78, 5) is 9.94. The van der Waals surface area contributed by atoms with Gasteiger partial charge < -0.3 is 9.47 Å². The number of halogens is 2. The van der Waals surface area contributed by atoms with Crippen LogP contribution in [0.15, 0.2) is 0 Å². The fraction of sp³-hybridized carbons (Fsp3) is 0.750. The largest absolute Gasteiger partial charge is 0.513 e. The van der Waals surface area contributed by atoms with E-state index in [1.807, 2.05) is 0 Å². The maximum atomic E-state index is 12.0. The van der Waals surface area contributed by atoms with Crippen LogP contribution < -0.4 is 0 Å². The van der Waals surface area contributed by atoms with Crippen molar-refractivity contribution in [3.05, 3.63) is 0 Å². The first-order valence-corrected chi connectivity index (χ1v) is 2.30. The van der Waals surface area contributed by atoms with Gasteiger partial charge in [0.25, 0.3) is 0 Å². The Morgan fingerprint density at radius 1 is 1.67 bits per heavy atom. The molecule has 1 aliphatic heterocycles. The van der Waals surface area contributed by atoms with E-state index in [4.69, 9.17) is 0 Å². The van der Waals surface area contributed by atoms with E-state index in [-0.39, 0.29) is 0 Å². The monoisotopic (exact) mass is 138 g/mol. The minimum atomic E-state index is -3.45. The molecule has 1 heterocycles. The molecule has 0 radical (unpaired) electrons. The highest BCUT2D eigenvalue weighted by molar-refractivity contribution is 5.62. The third-order valence-electron chi connectivity index (χ3n) is 0.966. The summed E-state index contributed by atoms with van der Waals surface area (Å²) < 4.78 is 31.5. The molecule has 0 aromatic rings. The van der Waals surface area contributed by atoms with E-state index in [0.29, 0.717) is 0 Å². The molecule has 9 heavy (non-hydrogen) atoms. The van der Waals surface area contributed by atoms with E-state index < -0.39 is 18.4 Å². The Morgan fingerprint density at radius 2 is 2.22 bits per heavy atom. The summed E-state index contributed by atoms with van der Waals surface area (Å²) in [5.74, 6) is 0. The second-order valence-corrected chi connectivity index (χ2v) is 1.67. The van der Waals surface area contributed by atoms with Crippen molar-refractivity contribution < 1.29 is 23.0 Å². The van der Waals surface area contributed by atoms with E-state index in [1.54, 1.807) is 0 Å². The lowest BCUT2D eigenvalue weighted by atomic mass is 10.4. The Hall–Kier alpha value is -0.870. The predicted molar refractivity (Wildman–Crippen MR) is 22.0 cm³/mol. The summed E-state index contributed by atoms with van der Waals surface area (Å²) in [5, 5.41) is 0. The number of alkyl halides is 2. The van der Waals surface area contributed by atoms with Crippen molar-refractivity contribution in [1.29, 1.82) is 0 Å². The molecule has 0 aromatic carbocycles. The Balaban J connectivity index is 2.69. The quantitative estimate of drug-likeness (QED) is 0.471. The van der Waals surface area contributed by atoms with Gasteiger partial charge in [-0.1, -0.05) is 0 Å². The zero-order valence-electron chi connectivity index (χ0n) is 4.56. The maximum absolute atomic E-state index is 12.0. The lowest BCUT2D eigenvalue weighted by molar-refractivity contribution is -0.194. The summed E-state index contributed by atoms with van der Waals surface area (Å²) in [7, 11) is 0. The summed E-state index contributed by atoms with van der Waals surface area (Å²) in [6.07, 6.45) is -6.23. The molecule has 3 nitrogen and oxygen atoms in total. The van der Waals surface area contributed by atoms with E-state index in [2.05, 4.69) is 9.47 Å². The van der Waals surface area contributed by atoms with E-state index in [0.717, 1.165) is 6.92 Å². The third kappa shape index (κ3) is 0.940. The lowest BCUT2D eigenvalue weighted by Crippen LogP contribution is -2.26. The van der Waals surface area contributed by atoms with Crippen LogP contribution in [0.1, 0.15) is 6.92 Å². The molecule has 0 unspecified atom stereocenters. The van der Waals surface area contributed by atoms with Crippen LogP contribution in [0.4, 0.5) is 13.6 Å². The van der Waals surface area contributed by atoms with E-state index in [1.165, 1.54) is 0 Å². The molecule has 52 valence electrons. The molecule has 1 aliphatic rings. The van der Waals surface area contributed by atoms with Gasteiger partial charge in [-0.15, -0.1) is 0 Å². The molecule has 0 aromatic heterocycles. The van der Waals surface area contributed by atoms with Crippen LogP contribution >= 0.6 is 0 Å². The van der Waals surface area contributed by atoms with Crippen LogP contribution in [0.25, 0.3) is 0 Å². The average molecular weight is 138 g/mol. The van der Waals surface area contributed by atoms with Gasteiger partial charge in [-0.2, -0.15) is 8.78 Å². The number of hydrogen-bond acceptors (Lipinski definition) is 3. The number of carbonyl (C=O) groups excluding carboxylic acids is 1. The first-order chi connectivity index (χ1) is 4.02. The summed E-state index contributed by atoms with van der Waals surface area (Å²) in [6, 6.07) is 0. The van der Waals surface area contributed by atoms with Gasteiger partial charge in [0.05, 0.1) is 0 Å². The molecular weight excluding hydrogens is 134 g/mol. The van der Waals surface area contributed by atoms with Crippen LogP contribution in [0, 0.1) is 0 Å². The van der Waals surface area contributed by atoms with Crippen LogP contribution in [0.3, 0.4) is 0 Å². The van der Waals surface area contributed by atoms with Gasteiger partial charge in [0.2, 0.25) is 6.10 Å². The van der Waals surface area contributed by atoms with Gasteiger partial charge in [-0.05, 0) is 6.92 Å². The molecule has 1 fully saturated rings. The summed E-state index contributed by atoms with van der Waals surface area (Å²) >= 11 is 0. The standard InChI is InChI=1S/C4H4F2O3/c1-2-4(5,6)9-3(7)8-2/h2H,1H3/t2-/m1/s1. The fourth-order valence-electron chi connectivity index (χ4n) is 0.431. The van der Waals surface area contributed by atoms with Gasteiger partial charge in [0.15, 0.2) is 0 Å². The third-order valence-corrected chi connectivity index (χ3v) is 0.966. The van der Waals surface area contributed by atoms with Crippen LogP contribution in [0.5, 0.6) is 0 Å². The number of ether oxygens (including phenoxy) is 2. The maximum Gasteiger partial charge on any atom is 0.513 e. The smallest absolute Gasteiger partial charge is 0.420 e. The molecule has 0 N–H and O–H groups in total. The lowest BCUT2D eigenvalue weighted by Gasteiger charge is -2.06. The number of hydrogen-bond donors (Lipinski definition) is 0. The Bertz CT molecular complexity index is 145. The highest BCUT2D eigenvalue weighted by Crippen LogP contribution is 2.29. The Morgan fingerprint density at radius 3 is 2.33 bits per heavy atom. The minimum Gasteiger partial charge on any atom is -0.420 e. The van der Waals surface area contributed by atoms with Crippen molar-refractivity contribution in [2.24, 2.45) is 0 Å². The SMILES string of the molecule is C[C@H]1OC(=O)OC1(F)F. The molecule has 0 bridgehead atoms. The Kier molecular flexibility index (Phi) is 1.08. The van der Waals surface area contributed by atoms with Crippen LogP contribution in [-0.2, 0) is 9.47 Å². The highest BCUT2D eigenvalue weighted by Gasteiger charge is 2.50. The van der Waals surface area contributed by atoms with Crippen molar-refractivity contribution in [3.63, 3.8) is 0 Å². The Labute approximate surface area is 49.5 Å². The zero-order chi connectivity index (χ0) is 7.07. The molecule has 1 atom stereocenters. The molecule has 5 heteroatoms. The summed E-state index contributed by atoms with van der Waals surface area (Å²) in [6.45, 7) is 1.06. The van der Waals surface area contributed by atoms with Gasteiger partial charge in [0.1, 0.15) is 0 Å². The van der Waals surface area contributed by atoms with Crippen molar-refractivity contribution in [3.8, 4) is 0 Å². The van der Waals surface area contributed by atoms with Crippen molar-refractivity contribution >= 4 is 6.16 Å². The van der Waals surface area contributed by atoms with Gasteiger partial charge in [0, 0.05) is 0 Å². The number of carbonyl (C=O) groups is 1. The predicted octanol–water partition coefficient (Wildman–Crippen LogP) is 1.13. The second kappa shape index (κ2) is 1.55. The molecule has 1 saturated heterocycles. The van der Waals surface area contributed by atoms with Crippen molar-refractivity contribution in [1.82, 2.24) is 0 Å². The van der Waals surface area contributed by atoms with E-state index in [9.17, 15) is 13.6 Å². The second-order valence-electron chi connectivity index (χ2n) is 1.67.